The molecule has 0 saturated carbocycles. The highest BCUT2D eigenvalue weighted by molar-refractivity contribution is 6.10. The number of carbonyl (C=O) groups excluding carboxylic acids is 1. The molecule has 3 rings (SSSR count). The lowest BCUT2D eigenvalue weighted by Crippen LogP contribution is -2.08. The van der Waals surface area contributed by atoms with Crippen molar-refractivity contribution in [3.05, 3.63) is 58.8 Å². The quantitative estimate of drug-likeness (QED) is 0.577. The van der Waals surface area contributed by atoms with E-state index in [-0.39, 0.29) is 17.3 Å². The van der Waals surface area contributed by atoms with Crippen LogP contribution in [0, 0.1) is 10.1 Å². The average molecular weight is 337 g/mol. The predicted octanol–water partition coefficient (Wildman–Crippen LogP) is 3.78. The molecule has 1 aromatic heterocycles. The highest BCUT2D eigenvalue weighted by Crippen LogP contribution is 2.43. The van der Waals surface area contributed by atoms with Crippen molar-refractivity contribution in [2.75, 3.05) is 12.4 Å². The maximum atomic E-state index is 11.7. The molecular weight excluding hydrogens is 322 g/mol. The van der Waals surface area contributed by atoms with Crippen LogP contribution in [0.3, 0.4) is 0 Å². The lowest BCUT2D eigenvalue weighted by molar-refractivity contribution is -0.383. The topological polar surface area (TPSA) is 94.4 Å². The maximum absolute atomic E-state index is 11.7. The van der Waals surface area contributed by atoms with E-state index in [9.17, 15) is 14.9 Å². The Morgan fingerprint density at radius 2 is 1.96 bits per heavy atom. The number of amides is 1. The molecule has 7 heteroatoms. The number of hydrogen-bond acceptors (Lipinski definition) is 5. The second-order valence-electron chi connectivity index (χ2n) is 5.36. The molecule has 3 aromatic rings. The zero-order chi connectivity index (χ0) is 18.0. The monoisotopic (exact) mass is 337 g/mol. The van der Waals surface area contributed by atoms with Crippen molar-refractivity contribution in [2.45, 2.75) is 6.92 Å². The highest BCUT2D eigenvalue weighted by atomic mass is 16.6. The molecule has 0 saturated heterocycles. The van der Waals surface area contributed by atoms with Gasteiger partial charge in [0.1, 0.15) is 5.52 Å². The molecule has 0 aliphatic carbocycles. The Kier molecular flexibility index (Phi) is 4.30. The Bertz CT molecular complexity index is 971. The van der Waals surface area contributed by atoms with Gasteiger partial charge in [-0.05, 0) is 17.2 Å². The van der Waals surface area contributed by atoms with E-state index in [4.69, 9.17) is 4.74 Å². The van der Waals surface area contributed by atoms with E-state index in [0.717, 1.165) is 5.56 Å². The number of rotatable bonds is 4. The molecular formula is C18H15N3O4. The largest absolute Gasteiger partial charge is 0.490 e. The molecule has 126 valence electrons. The van der Waals surface area contributed by atoms with E-state index in [1.165, 1.54) is 20.1 Å². The van der Waals surface area contributed by atoms with Crippen LogP contribution in [0.25, 0.3) is 22.0 Å². The molecule has 7 nitrogen and oxygen atoms in total. The van der Waals surface area contributed by atoms with Gasteiger partial charge in [-0.25, -0.2) is 0 Å². The number of nitro groups is 1. The van der Waals surface area contributed by atoms with E-state index < -0.39 is 4.92 Å². The first-order valence-electron chi connectivity index (χ1n) is 7.50. The number of pyridine rings is 1. The Morgan fingerprint density at radius 3 is 2.56 bits per heavy atom. The Hall–Kier alpha value is -3.48. The second-order valence-corrected chi connectivity index (χ2v) is 5.36. The molecule has 1 amide bonds. The summed E-state index contributed by atoms with van der Waals surface area (Å²) in [7, 11) is 1.35. The van der Waals surface area contributed by atoms with Crippen molar-refractivity contribution in [2.24, 2.45) is 0 Å². The van der Waals surface area contributed by atoms with Crippen molar-refractivity contribution in [3.8, 4) is 16.9 Å². The van der Waals surface area contributed by atoms with Crippen LogP contribution in [0.4, 0.5) is 11.4 Å². The Morgan fingerprint density at radius 1 is 1.24 bits per heavy atom. The Labute approximate surface area is 143 Å². The van der Waals surface area contributed by atoms with E-state index in [1.807, 2.05) is 30.3 Å². The molecule has 1 heterocycles. The lowest BCUT2D eigenvalue weighted by Gasteiger charge is -2.13. The number of hydrogen-bond donors (Lipinski definition) is 1. The molecule has 0 fully saturated rings. The first-order valence-corrected chi connectivity index (χ1v) is 7.50. The normalized spacial score (nSPS) is 10.5. The number of carbonyl (C=O) groups is 1. The lowest BCUT2D eigenvalue weighted by atomic mass is 9.99. The number of anilines is 1. The summed E-state index contributed by atoms with van der Waals surface area (Å²) in [5.41, 5.74) is 1.97. The van der Waals surface area contributed by atoms with Gasteiger partial charge < -0.3 is 10.1 Å². The van der Waals surface area contributed by atoms with Crippen LogP contribution >= 0.6 is 0 Å². The first-order chi connectivity index (χ1) is 12.0. The minimum atomic E-state index is -0.493. The van der Waals surface area contributed by atoms with Gasteiger partial charge in [0, 0.05) is 19.2 Å². The number of nitro benzene ring substituents is 1. The first kappa shape index (κ1) is 16.4. The number of nitrogens with one attached hydrogen (secondary N) is 1. The number of benzene rings is 2. The number of ether oxygens (including phenoxy) is 1. The SMILES string of the molecule is COc1cc(NC(C)=O)c2nccc(-c3ccccc3)c2c1[N+](=O)[O-]. The minimum Gasteiger partial charge on any atom is -0.490 e. The summed E-state index contributed by atoms with van der Waals surface area (Å²) in [6, 6.07) is 12.4. The van der Waals surface area contributed by atoms with Crippen molar-refractivity contribution < 1.29 is 14.5 Å². The van der Waals surface area contributed by atoms with Crippen LogP contribution in [0.15, 0.2) is 48.7 Å². The minimum absolute atomic E-state index is 0.0615. The molecule has 0 atom stereocenters. The van der Waals surface area contributed by atoms with Crippen molar-refractivity contribution >= 4 is 28.2 Å². The fourth-order valence-electron chi connectivity index (χ4n) is 2.78. The van der Waals surface area contributed by atoms with Crippen LogP contribution in [0.1, 0.15) is 6.92 Å². The van der Waals surface area contributed by atoms with Crippen LogP contribution < -0.4 is 10.1 Å². The fraction of sp³-hybridized carbons (Fsp3) is 0.111. The molecule has 0 unspecified atom stereocenters. The van der Waals surface area contributed by atoms with E-state index in [0.29, 0.717) is 22.2 Å². The van der Waals surface area contributed by atoms with Crippen molar-refractivity contribution in [3.63, 3.8) is 0 Å². The number of fused-ring (bicyclic) bond motifs is 1. The molecule has 1 N–H and O–H groups in total. The van der Waals surface area contributed by atoms with Gasteiger partial charge in [-0.15, -0.1) is 0 Å². The summed E-state index contributed by atoms with van der Waals surface area (Å²) in [6.07, 6.45) is 1.56. The van der Waals surface area contributed by atoms with Gasteiger partial charge in [0.15, 0.2) is 5.75 Å². The molecule has 0 aliphatic heterocycles. The maximum Gasteiger partial charge on any atom is 0.321 e. The zero-order valence-corrected chi connectivity index (χ0v) is 13.6. The number of aromatic nitrogens is 1. The average Bonchev–Trinajstić information content (AvgIpc) is 2.60. The molecule has 0 aliphatic rings. The van der Waals surface area contributed by atoms with Crippen molar-refractivity contribution in [1.29, 1.82) is 0 Å². The number of methoxy groups -OCH3 is 1. The second kappa shape index (κ2) is 6.56. The summed E-state index contributed by atoms with van der Waals surface area (Å²) in [6.45, 7) is 1.36. The van der Waals surface area contributed by atoms with Crippen LogP contribution in [-0.4, -0.2) is 22.9 Å². The summed E-state index contributed by atoms with van der Waals surface area (Å²) in [5, 5.41) is 14.7. The summed E-state index contributed by atoms with van der Waals surface area (Å²) in [5.74, 6) is -0.240. The van der Waals surface area contributed by atoms with Gasteiger partial charge in [-0.2, -0.15) is 0 Å². The van der Waals surface area contributed by atoms with Gasteiger partial charge in [0.05, 0.1) is 23.1 Å². The standard InChI is InChI=1S/C18H15N3O4/c1-11(22)20-14-10-15(25-2)18(21(23)24)16-13(8-9-19-17(14)16)12-6-4-3-5-7-12/h3-10H,1-2H3,(H,20,22). The molecule has 0 bridgehead atoms. The van der Waals surface area contributed by atoms with E-state index >= 15 is 0 Å². The van der Waals surface area contributed by atoms with Crippen LogP contribution in [0.5, 0.6) is 5.75 Å². The summed E-state index contributed by atoms with van der Waals surface area (Å²) in [4.78, 5) is 27.0. The molecule has 2 aromatic carbocycles. The van der Waals surface area contributed by atoms with Crippen LogP contribution in [0.2, 0.25) is 0 Å². The molecule has 25 heavy (non-hydrogen) atoms. The van der Waals surface area contributed by atoms with Gasteiger partial charge in [0.2, 0.25) is 5.91 Å². The van der Waals surface area contributed by atoms with Gasteiger partial charge in [-0.1, -0.05) is 30.3 Å². The smallest absolute Gasteiger partial charge is 0.321 e. The fourth-order valence-corrected chi connectivity index (χ4v) is 2.78. The number of nitrogens with zero attached hydrogens (tertiary/aromatic N) is 2. The highest BCUT2D eigenvalue weighted by Gasteiger charge is 2.26. The van der Waals surface area contributed by atoms with E-state index in [2.05, 4.69) is 10.3 Å². The van der Waals surface area contributed by atoms with Crippen molar-refractivity contribution in [1.82, 2.24) is 4.98 Å². The van der Waals surface area contributed by atoms with Crippen LogP contribution in [-0.2, 0) is 4.79 Å². The zero-order valence-electron chi connectivity index (χ0n) is 13.6. The molecule has 0 radical (unpaired) electrons. The third-order valence-electron chi connectivity index (χ3n) is 3.75. The Balaban J connectivity index is 2.46. The van der Waals surface area contributed by atoms with Gasteiger partial charge in [0.25, 0.3) is 0 Å². The van der Waals surface area contributed by atoms with Gasteiger partial charge >= 0.3 is 5.69 Å². The third-order valence-corrected chi connectivity index (χ3v) is 3.75. The van der Waals surface area contributed by atoms with Gasteiger partial charge in [-0.3, -0.25) is 19.9 Å². The summed E-state index contributed by atoms with van der Waals surface area (Å²) < 4.78 is 5.21. The summed E-state index contributed by atoms with van der Waals surface area (Å²) >= 11 is 0. The predicted molar refractivity (Wildman–Crippen MR) is 94.7 cm³/mol. The molecule has 0 spiro atoms. The van der Waals surface area contributed by atoms with E-state index in [1.54, 1.807) is 12.3 Å². The third kappa shape index (κ3) is 2.99.